The Bertz CT molecular complexity index is 487. The van der Waals surface area contributed by atoms with Gasteiger partial charge in [0, 0.05) is 0 Å². The van der Waals surface area contributed by atoms with Gasteiger partial charge in [-0.25, -0.2) is 0 Å². The Balaban J connectivity index is 1.89. The molecule has 2 bridgehead atoms. The summed E-state index contributed by atoms with van der Waals surface area (Å²) in [6.07, 6.45) is 8.87. The summed E-state index contributed by atoms with van der Waals surface area (Å²) in [5, 5.41) is 0.313. The van der Waals surface area contributed by atoms with E-state index in [1.165, 1.54) is 19.3 Å². The van der Waals surface area contributed by atoms with E-state index in [2.05, 4.69) is 31.8 Å². The SMILES string of the molecule is COC(=O)[C@@H]1[C@@]2(C3CC3)[C@H]3C=C[C@H](C3)[C@@]12[Si](C)(C)C. The minimum absolute atomic E-state index is 0.0905. The van der Waals surface area contributed by atoms with Gasteiger partial charge in [-0.05, 0) is 47.5 Å². The lowest BCUT2D eigenvalue weighted by atomic mass is 9.83. The van der Waals surface area contributed by atoms with Crippen molar-refractivity contribution < 1.29 is 9.53 Å². The van der Waals surface area contributed by atoms with Gasteiger partial charge in [0.25, 0.3) is 0 Å². The summed E-state index contributed by atoms with van der Waals surface area (Å²) < 4.78 is 5.21. The van der Waals surface area contributed by atoms with Gasteiger partial charge in [0.05, 0.1) is 21.1 Å². The van der Waals surface area contributed by atoms with Gasteiger partial charge in [0.15, 0.2) is 0 Å². The third-order valence-corrected chi connectivity index (χ3v) is 10.4. The van der Waals surface area contributed by atoms with Crippen molar-refractivity contribution in [2.45, 2.75) is 43.9 Å². The number of ether oxygens (including phenoxy) is 1. The average molecular weight is 276 g/mol. The minimum Gasteiger partial charge on any atom is -0.469 e. The van der Waals surface area contributed by atoms with E-state index in [1.54, 1.807) is 7.11 Å². The predicted octanol–water partition coefficient (Wildman–Crippen LogP) is 3.47. The molecule has 0 heterocycles. The molecule has 0 unspecified atom stereocenters. The summed E-state index contributed by atoms with van der Waals surface area (Å²) in [6, 6.07) is 0. The van der Waals surface area contributed by atoms with E-state index in [9.17, 15) is 4.79 Å². The van der Waals surface area contributed by atoms with Crippen LogP contribution in [-0.4, -0.2) is 21.2 Å². The van der Waals surface area contributed by atoms with Crippen molar-refractivity contribution in [2.24, 2.45) is 29.1 Å². The maximum atomic E-state index is 12.5. The average Bonchev–Trinajstić information content (AvgIpc) is 3.22. The van der Waals surface area contributed by atoms with Gasteiger partial charge in [0.2, 0.25) is 0 Å². The highest BCUT2D eigenvalue weighted by atomic mass is 28.3. The Morgan fingerprint density at radius 3 is 2.37 bits per heavy atom. The monoisotopic (exact) mass is 276 g/mol. The summed E-state index contributed by atoms with van der Waals surface area (Å²) in [7, 11) is 0.156. The number of carbonyl (C=O) groups is 1. The zero-order valence-electron chi connectivity index (χ0n) is 12.4. The first kappa shape index (κ1) is 12.2. The van der Waals surface area contributed by atoms with Crippen molar-refractivity contribution in [3.8, 4) is 0 Å². The number of allylic oxidation sites excluding steroid dienone is 2. The van der Waals surface area contributed by atoms with Gasteiger partial charge < -0.3 is 4.74 Å². The van der Waals surface area contributed by atoms with Crippen LogP contribution in [0, 0.1) is 29.1 Å². The zero-order chi connectivity index (χ0) is 13.6. The molecule has 19 heavy (non-hydrogen) atoms. The number of rotatable bonds is 3. The molecule has 4 aliphatic carbocycles. The summed E-state index contributed by atoms with van der Waals surface area (Å²) in [4.78, 5) is 12.5. The Labute approximate surface area is 116 Å². The summed E-state index contributed by atoms with van der Waals surface area (Å²) >= 11 is 0. The van der Waals surface area contributed by atoms with Crippen LogP contribution in [0.4, 0.5) is 0 Å². The van der Waals surface area contributed by atoms with E-state index in [0.717, 1.165) is 5.92 Å². The van der Waals surface area contributed by atoms with Crippen LogP contribution in [0.2, 0.25) is 24.7 Å². The standard InChI is InChI=1S/C16H24O2Si/c1-18-14(17)13-15(10-5-6-10)11-7-8-12(9-11)16(13,15)19(2,3)4/h7-8,10-13H,5-6,9H2,1-4H3/t11-,12+,13+,15+,16+/m0/s1. The summed E-state index contributed by atoms with van der Waals surface area (Å²) in [5.74, 6) is 2.44. The third-order valence-electron chi connectivity index (χ3n) is 6.78. The van der Waals surface area contributed by atoms with Crippen LogP contribution in [0.3, 0.4) is 0 Å². The van der Waals surface area contributed by atoms with Crippen LogP contribution < -0.4 is 0 Å². The van der Waals surface area contributed by atoms with E-state index in [0.29, 0.717) is 22.3 Å². The smallest absolute Gasteiger partial charge is 0.309 e. The topological polar surface area (TPSA) is 26.3 Å². The quantitative estimate of drug-likeness (QED) is 0.448. The first-order valence-electron chi connectivity index (χ1n) is 7.68. The van der Waals surface area contributed by atoms with Gasteiger partial charge in [-0.15, -0.1) is 0 Å². The van der Waals surface area contributed by atoms with Crippen molar-refractivity contribution in [3.05, 3.63) is 12.2 Å². The van der Waals surface area contributed by atoms with Gasteiger partial charge in [-0.1, -0.05) is 31.8 Å². The summed E-state index contributed by atoms with van der Waals surface area (Å²) in [6.45, 7) is 7.42. The fraction of sp³-hybridized carbons (Fsp3) is 0.812. The lowest BCUT2D eigenvalue weighted by Crippen LogP contribution is -2.38. The molecule has 3 heteroatoms. The molecule has 0 aromatic rings. The molecule has 5 atom stereocenters. The molecular weight excluding hydrogens is 252 g/mol. The fourth-order valence-corrected chi connectivity index (χ4v) is 10.9. The highest BCUT2D eigenvalue weighted by molar-refractivity contribution is 6.81. The van der Waals surface area contributed by atoms with Crippen LogP contribution in [-0.2, 0) is 9.53 Å². The number of hydrogen-bond acceptors (Lipinski definition) is 2. The lowest BCUT2D eigenvalue weighted by Gasteiger charge is -2.36. The number of fused-ring (bicyclic) bond motifs is 5. The number of esters is 1. The van der Waals surface area contributed by atoms with E-state index in [4.69, 9.17) is 4.74 Å². The third kappa shape index (κ3) is 1.03. The maximum absolute atomic E-state index is 12.5. The molecule has 3 fully saturated rings. The molecule has 4 rings (SSSR count). The van der Waals surface area contributed by atoms with Crippen LogP contribution >= 0.6 is 0 Å². The second-order valence-electron chi connectivity index (χ2n) is 8.12. The van der Waals surface area contributed by atoms with E-state index in [-0.39, 0.29) is 11.9 Å². The molecule has 2 nitrogen and oxygen atoms in total. The zero-order valence-corrected chi connectivity index (χ0v) is 13.4. The van der Waals surface area contributed by atoms with Crippen LogP contribution in [0.1, 0.15) is 19.3 Å². The molecule has 0 saturated heterocycles. The Kier molecular flexibility index (Phi) is 2.04. The lowest BCUT2D eigenvalue weighted by molar-refractivity contribution is -0.144. The second-order valence-corrected chi connectivity index (χ2v) is 13.4. The highest BCUT2D eigenvalue weighted by Gasteiger charge is 2.92. The van der Waals surface area contributed by atoms with Gasteiger partial charge in [-0.3, -0.25) is 4.79 Å². The Morgan fingerprint density at radius 2 is 1.84 bits per heavy atom. The second kappa shape index (κ2) is 3.18. The Hall–Kier alpha value is -0.573. The fourth-order valence-electron chi connectivity index (χ4n) is 6.56. The normalized spacial score (nSPS) is 50.2. The predicted molar refractivity (Wildman–Crippen MR) is 77.4 cm³/mol. The van der Waals surface area contributed by atoms with E-state index in [1.807, 2.05) is 0 Å². The van der Waals surface area contributed by atoms with E-state index < -0.39 is 8.07 Å². The molecule has 3 saturated carbocycles. The molecule has 4 aliphatic rings. The maximum Gasteiger partial charge on any atom is 0.309 e. The van der Waals surface area contributed by atoms with Crippen LogP contribution in [0.5, 0.6) is 0 Å². The van der Waals surface area contributed by atoms with Crippen molar-refractivity contribution in [2.75, 3.05) is 7.11 Å². The molecule has 0 aromatic carbocycles. The van der Waals surface area contributed by atoms with Crippen molar-refractivity contribution in [3.63, 3.8) is 0 Å². The summed E-state index contributed by atoms with van der Waals surface area (Å²) in [5.41, 5.74) is 0.310. The van der Waals surface area contributed by atoms with Crippen LogP contribution in [0.15, 0.2) is 12.2 Å². The number of methoxy groups -OCH3 is 1. The number of carbonyl (C=O) groups excluding carboxylic acids is 1. The largest absolute Gasteiger partial charge is 0.469 e. The van der Waals surface area contributed by atoms with Crippen molar-refractivity contribution in [1.29, 1.82) is 0 Å². The van der Waals surface area contributed by atoms with Gasteiger partial charge in [0.1, 0.15) is 0 Å². The van der Waals surface area contributed by atoms with Gasteiger partial charge >= 0.3 is 5.97 Å². The first-order valence-corrected chi connectivity index (χ1v) is 11.2. The Morgan fingerprint density at radius 1 is 1.21 bits per heavy atom. The molecular formula is C16H24O2Si. The first-order chi connectivity index (χ1) is 8.92. The molecule has 0 amide bonds. The number of hydrogen-bond donors (Lipinski definition) is 0. The van der Waals surface area contributed by atoms with Crippen molar-refractivity contribution >= 4 is 14.0 Å². The molecule has 0 radical (unpaired) electrons. The van der Waals surface area contributed by atoms with Crippen LogP contribution in [0.25, 0.3) is 0 Å². The van der Waals surface area contributed by atoms with Gasteiger partial charge in [-0.2, -0.15) is 0 Å². The van der Waals surface area contributed by atoms with E-state index >= 15 is 0 Å². The molecule has 0 spiro atoms. The molecule has 104 valence electrons. The highest BCUT2D eigenvalue weighted by Crippen LogP contribution is 2.96. The van der Waals surface area contributed by atoms with Crippen molar-refractivity contribution in [1.82, 2.24) is 0 Å². The molecule has 0 N–H and O–H groups in total. The molecule has 0 aliphatic heterocycles. The molecule has 0 aromatic heterocycles. The minimum atomic E-state index is -1.42.